The zero-order valence-corrected chi connectivity index (χ0v) is 17.4. The van der Waals surface area contributed by atoms with Crippen LogP contribution in [0.15, 0.2) is 24.3 Å². The third-order valence-corrected chi connectivity index (χ3v) is 5.81. The highest BCUT2D eigenvalue weighted by Crippen LogP contribution is 2.29. The van der Waals surface area contributed by atoms with E-state index in [0.29, 0.717) is 25.6 Å². The molecule has 1 aromatic carbocycles. The number of hydrogen-bond donors (Lipinski definition) is 2. The Morgan fingerprint density at radius 1 is 1.10 bits per heavy atom. The number of amides is 3. The summed E-state index contributed by atoms with van der Waals surface area (Å²) < 4.78 is 11.3. The number of hydrogen-bond acceptors (Lipinski definition) is 6. The van der Waals surface area contributed by atoms with Crippen LogP contribution >= 0.6 is 0 Å². The zero-order chi connectivity index (χ0) is 21.6. The molecular formula is C23H27N3O5. The lowest BCUT2D eigenvalue weighted by molar-refractivity contribution is -0.136. The van der Waals surface area contributed by atoms with Gasteiger partial charge in [0, 0.05) is 18.4 Å². The minimum atomic E-state index is -0.660. The third-order valence-electron chi connectivity index (χ3n) is 5.81. The summed E-state index contributed by atoms with van der Waals surface area (Å²) in [6.45, 7) is 2.96. The van der Waals surface area contributed by atoms with Crippen molar-refractivity contribution in [2.75, 3.05) is 26.2 Å². The molecule has 31 heavy (non-hydrogen) atoms. The van der Waals surface area contributed by atoms with E-state index in [1.165, 1.54) is 4.90 Å². The average Bonchev–Trinajstić information content (AvgIpc) is 3.16. The predicted octanol–water partition coefficient (Wildman–Crippen LogP) is 1.50. The van der Waals surface area contributed by atoms with Crippen LogP contribution in [0.2, 0.25) is 0 Å². The summed E-state index contributed by atoms with van der Waals surface area (Å²) in [5.74, 6) is 5.53. The van der Waals surface area contributed by atoms with Gasteiger partial charge < -0.3 is 14.8 Å². The van der Waals surface area contributed by atoms with Gasteiger partial charge in [-0.3, -0.25) is 19.8 Å². The van der Waals surface area contributed by atoms with Crippen molar-refractivity contribution < 1.29 is 23.9 Å². The Labute approximate surface area is 181 Å². The maximum absolute atomic E-state index is 12.3. The van der Waals surface area contributed by atoms with Crippen LogP contribution in [-0.4, -0.2) is 61.2 Å². The molecule has 0 saturated carbocycles. The Kier molecular flexibility index (Phi) is 6.85. The molecule has 0 unspecified atom stereocenters. The maximum Gasteiger partial charge on any atom is 0.411 e. The van der Waals surface area contributed by atoms with Crippen LogP contribution in [0.5, 0.6) is 0 Å². The van der Waals surface area contributed by atoms with E-state index in [0.717, 1.165) is 37.1 Å². The fourth-order valence-electron chi connectivity index (χ4n) is 4.07. The highest BCUT2D eigenvalue weighted by atomic mass is 16.6. The number of nitrogens with one attached hydrogen (secondary N) is 2. The van der Waals surface area contributed by atoms with Crippen LogP contribution in [-0.2, 0) is 19.1 Å². The Balaban J connectivity index is 1.27. The molecular weight excluding hydrogens is 398 g/mol. The smallest absolute Gasteiger partial charge is 0.411 e. The number of benzene rings is 1. The fourth-order valence-corrected chi connectivity index (χ4v) is 4.07. The van der Waals surface area contributed by atoms with Crippen LogP contribution in [0.4, 0.5) is 4.79 Å². The first kappa shape index (κ1) is 21.3. The second-order valence-corrected chi connectivity index (χ2v) is 7.99. The van der Waals surface area contributed by atoms with Crippen molar-refractivity contribution in [3.8, 4) is 11.8 Å². The molecule has 4 rings (SSSR count). The molecule has 2 N–H and O–H groups in total. The van der Waals surface area contributed by atoms with Crippen molar-refractivity contribution in [1.82, 2.24) is 15.5 Å². The number of cyclic esters (lactones) is 1. The molecule has 2 atom stereocenters. The molecule has 0 spiro atoms. The number of carbonyl (C=O) groups is 3. The monoisotopic (exact) mass is 425 g/mol. The normalized spacial score (nSPS) is 24.4. The van der Waals surface area contributed by atoms with Gasteiger partial charge in [-0.05, 0) is 50.0 Å². The standard InChI is InChI=1S/C23H27N3O5/c27-21-9-8-19(22(28)25-21)26-15-20(31-23(26)29)17-6-4-16(5-7-17)3-1-2-14-30-18-10-12-24-13-11-18/h4-7,18-20,24H,2,8-15H2,(H,25,27,28)/t19-,20+/m1/s1. The van der Waals surface area contributed by atoms with Gasteiger partial charge in [-0.2, -0.15) is 0 Å². The first-order valence-electron chi connectivity index (χ1n) is 10.8. The summed E-state index contributed by atoms with van der Waals surface area (Å²) in [4.78, 5) is 37.1. The summed E-state index contributed by atoms with van der Waals surface area (Å²) in [6, 6.07) is 6.92. The Morgan fingerprint density at radius 2 is 1.87 bits per heavy atom. The number of carbonyl (C=O) groups excluding carboxylic acids is 3. The van der Waals surface area contributed by atoms with E-state index < -0.39 is 24.1 Å². The van der Waals surface area contributed by atoms with Crippen molar-refractivity contribution in [2.45, 2.75) is 50.4 Å². The summed E-state index contributed by atoms with van der Waals surface area (Å²) in [5, 5.41) is 5.60. The van der Waals surface area contributed by atoms with Crippen molar-refractivity contribution >= 4 is 17.9 Å². The highest BCUT2D eigenvalue weighted by molar-refractivity contribution is 6.01. The van der Waals surface area contributed by atoms with Crippen molar-refractivity contribution in [2.24, 2.45) is 0 Å². The van der Waals surface area contributed by atoms with Crippen LogP contribution in [0.3, 0.4) is 0 Å². The van der Waals surface area contributed by atoms with Gasteiger partial charge in [-0.1, -0.05) is 24.0 Å². The number of rotatable bonds is 5. The van der Waals surface area contributed by atoms with Crippen LogP contribution in [0.25, 0.3) is 0 Å². The quantitative estimate of drug-likeness (QED) is 0.422. The largest absolute Gasteiger partial charge is 0.439 e. The molecule has 3 aliphatic rings. The predicted molar refractivity (Wildman–Crippen MR) is 112 cm³/mol. The van der Waals surface area contributed by atoms with Gasteiger partial charge in [-0.15, -0.1) is 0 Å². The molecule has 0 aliphatic carbocycles. The number of nitrogens with zero attached hydrogens (tertiary/aromatic N) is 1. The van der Waals surface area contributed by atoms with E-state index in [-0.39, 0.29) is 18.9 Å². The number of imide groups is 1. The molecule has 1 aromatic rings. The molecule has 164 valence electrons. The van der Waals surface area contributed by atoms with Crippen LogP contribution < -0.4 is 10.6 Å². The summed E-state index contributed by atoms with van der Waals surface area (Å²) in [7, 11) is 0. The molecule has 0 aromatic heterocycles. The minimum absolute atomic E-state index is 0.223. The molecule has 3 aliphatic heterocycles. The van der Waals surface area contributed by atoms with Crippen molar-refractivity contribution in [1.29, 1.82) is 0 Å². The molecule has 3 heterocycles. The van der Waals surface area contributed by atoms with Gasteiger partial charge in [0.05, 0.1) is 19.3 Å². The van der Waals surface area contributed by atoms with E-state index >= 15 is 0 Å². The number of ether oxygens (including phenoxy) is 2. The maximum atomic E-state index is 12.3. The fraction of sp³-hybridized carbons (Fsp3) is 0.522. The van der Waals surface area contributed by atoms with Gasteiger partial charge in [-0.25, -0.2) is 4.79 Å². The second-order valence-electron chi connectivity index (χ2n) is 7.99. The lowest BCUT2D eigenvalue weighted by Crippen LogP contribution is -2.52. The number of piperidine rings is 2. The Morgan fingerprint density at radius 3 is 2.61 bits per heavy atom. The molecule has 8 nitrogen and oxygen atoms in total. The summed E-state index contributed by atoms with van der Waals surface area (Å²) in [6.07, 6.45) is 2.71. The van der Waals surface area contributed by atoms with E-state index in [2.05, 4.69) is 22.5 Å². The second kappa shape index (κ2) is 9.94. The molecule has 3 saturated heterocycles. The molecule has 8 heteroatoms. The Hall–Kier alpha value is -2.89. The van der Waals surface area contributed by atoms with E-state index in [1.54, 1.807) is 0 Å². The topological polar surface area (TPSA) is 97.0 Å². The van der Waals surface area contributed by atoms with Gasteiger partial charge in [0.15, 0.2) is 0 Å². The van der Waals surface area contributed by atoms with Crippen LogP contribution in [0.1, 0.15) is 49.3 Å². The van der Waals surface area contributed by atoms with E-state index in [4.69, 9.17) is 9.47 Å². The van der Waals surface area contributed by atoms with Crippen molar-refractivity contribution in [3.63, 3.8) is 0 Å². The molecule has 0 bridgehead atoms. The first-order valence-corrected chi connectivity index (χ1v) is 10.8. The van der Waals surface area contributed by atoms with Crippen molar-refractivity contribution in [3.05, 3.63) is 35.4 Å². The van der Waals surface area contributed by atoms with E-state index in [9.17, 15) is 14.4 Å². The van der Waals surface area contributed by atoms with Gasteiger partial charge in [0.25, 0.3) is 0 Å². The molecule has 0 radical (unpaired) electrons. The lowest BCUT2D eigenvalue weighted by Gasteiger charge is -2.27. The molecule has 3 fully saturated rings. The molecule has 3 amide bonds. The minimum Gasteiger partial charge on any atom is -0.439 e. The SMILES string of the molecule is O=C1CC[C@@H](N2C[C@@H](c3ccc(C#CCCOC4CCNCC4)cc3)OC2=O)C(=O)N1. The van der Waals surface area contributed by atoms with E-state index in [1.807, 2.05) is 24.3 Å². The van der Waals surface area contributed by atoms with Gasteiger partial charge in [0.1, 0.15) is 12.1 Å². The third kappa shape index (κ3) is 5.43. The summed E-state index contributed by atoms with van der Waals surface area (Å²) >= 11 is 0. The van der Waals surface area contributed by atoms with Crippen LogP contribution in [0, 0.1) is 11.8 Å². The zero-order valence-electron chi connectivity index (χ0n) is 17.4. The summed E-state index contributed by atoms with van der Waals surface area (Å²) in [5.41, 5.74) is 1.74. The first-order chi connectivity index (χ1) is 15.1. The van der Waals surface area contributed by atoms with Gasteiger partial charge in [0.2, 0.25) is 11.8 Å². The van der Waals surface area contributed by atoms with Gasteiger partial charge >= 0.3 is 6.09 Å². The average molecular weight is 425 g/mol. The lowest BCUT2D eigenvalue weighted by atomic mass is 10.0. The Bertz CT molecular complexity index is 883. The highest BCUT2D eigenvalue weighted by Gasteiger charge is 2.41.